The topological polar surface area (TPSA) is 89.4 Å². The average Bonchev–Trinajstić information content (AvgIpc) is 3.18. The summed E-state index contributed by atoms with van der Waals surface area (Å²) in [6.45, 7) is 1.71. The van der Waals surface area contributed by atoms with Gasteiger partial charge >= 0.3 is 0 Å². The van der Waals surface area contributed by atoms with E-state index in [-0.39, 0.29) is 18.3 Å². The van der Waals surface area contributed by atoms with Crippen LogP contribution in [0.3, 0.4) is 0 Å². The molecule has 0 bridgehead atoms. The van der Waals surface area contributed by atoms with Gasteiger partial charge in [0.25, 0.3) is 5.91 Å². The summed E-state index contributed by atoms with van der Waals surface area (Å²) in [6.07, 6.45) is 0. The third-order valence-electron chi connectivity index (χ3n) is 5.02. The normalized spacial score (nSPS) is 14.0. The Morgan fingerprint density at radius 1 is 1.18 bits per heavy atom. The molecule has 172 valence electrons. The Kier molecular flexibility index (Phi) is 6.27. The molecule has 0 saturated heterocycles. The Bertz CT molecular complexity index is 1240. The van der Waals surface area contributed by atoms with Crippen LogP contribution in [0, 0.1) is 17.5 Å². The van der Waals surface area contributed by atoms with E-state index >= 15 is 0 Å². The highest BCUT2D eigenvalue weighted by Crippen LogP contribution is 2.37. The second kappa shape index (κ2) is 9.14. The van der Waals surface area contributed by atoms with Crippen molar-refractivity contribution in [3.63, 3.8) is 0 Å². The first-order chi connectivity index (χ1) is 15.8. The molecule has 2 aromatic carbocycles. The first kappa shape index (κ1) is 22.6. The largest absolute Gasteiger partial charge is 0.482 e. The fourth-order valence-electron chi connectivity index (χ4n) is 3.42. The number of hydrogen-bond acceptors (Lipinski definition) is 6. The number of hydrogen-bond donors (Lipinski definition) is 1. The van der Waals surface area contributed by atoms with E-state index < -0.39 is 35.1 Å². The number of fused-ring (bicyclic) bond motifs is 1. The minimum absolute atomic E-state index is 0.0957. The Balaban J connectivity index is 1.46. The molecule has 1 N–H and O–H groups in total. The molecule has 0 saturated carbocycles. The Morgan fingerprint density at radius 2 is 1.94 bits per heavy atom. The summed E-state index contributed by atoms with van der Waals surface area (Å²) in [5.74, 6) is -4.47. The van der Waals surface area contributed by atoms with Crippen molar-refractivity contribution < 1.29 is 27.5 Å². The van der Waals surface area contributed by atoms with Gasteiger partial charge in [-0.05, 0) is 31.2 Å². The number of carbonyl (C=O) groups excluding carboxylic acids is 2. The maximum atomic E-state index is 13.8. The van der Waals surface area contributed by atoms with E-state index in [9.17, 15) is 22.8 Å². The standard InChI is InChI=1S/C21H18F3N5O3S/c1-11(29-14-5-3-4-6-15(14)32-9-17(29)31)20-26-27-21(28(20)2)33-10-16(30)25-13-8-7-12(22)18(23)19(13)24/h3-8,11H,9-10H2,1-2H3,(H,25,30)/t11-/m1/s1. The predicted molar refractivity (Wildman–Crippen MR) is 115 cm³/mol. The van der Waals surface area contributed by atoms with Crippen molar-refractivity contribution >= 4 is 35.0 Å². The van der Waals surface area contributed by atoms with Crippen LogP contribution in [0.2, 0.25) is 0 Å². The summed E-state index contributed by atoms with van der Waals surface area (Å²) in [7, 11) is 1.69. The number of ether oxygens (including phenoxy) is 1. The summed E-state index contributed by atoms with van der Waals surface area (Å²) >= 11 is 1.02. The quantitative estimate of drug-likeness (QED) is 0.432. The number of para-hydroxylation sites is 2. The van der Waals surface area contributed by atoms with Crippen molar-refractivity contribution in [1.82, 2.24) is 14.8 Å². The molecule has 1 aliphatic rings. The van der Waals surface area contributed by atoms with Gasteiger partial charge in [0, 0.05) is 7.05 Å². The molecule has 4 rings (SSSR count). The van der Waals surface area contributed by atoms with E-state index in [1.807, 2.05) is 6.07 Å². The van der Waals surface area contributed by atoms with Crippen molar-refractivity contribution in [1.29, 1.82) is 0 Å². The second-order valence-corrected chi connectivity index (χ2v) is 8.10. The van der Waals surface area contributed by atoms with Gasteiger partial charge in [-0.3, -0.25) is 14.5 Å². The lowest BCUT2D eigenvalue weighted by atomic mass is 10.1. The van der Waals surface area contributed by atoms with Crippen LogP contribution in [0.15, 0.2) is 41.6 Å². The molecule has 1 aromatic heterocycles. The van der Waals surface area contributed by atoms with Gasteiger partial charge in [0.1, 0.15) is 5.75 Å². The smallest absolute Gasteiger partial charge is 0.265 e. The van der Waals surface area contributed by atoms with Crippen molar-refractivity contribution in [2.45, 2.75) is 18.1 Å². The maximum Gasteiger partial charge on any atom is 0.265 e. The average molecular weight is 477 g/mol. The van der Waals surface area contributed by atoms with Gasteiger partial charge in [-0.15, -0.1) is 10.2 Å². The molecule has 0 radical (unpaired) electrons. The van der Waals surface area contributed by atoms with Gasteiger partial charge < -0.3 is 14.6 Å². The van der Waals surface area contributed by atoms with Gasteiger partial charge in [0.2, 0.25) is 5.91 Å². The summed E-state index contributed by atoms with van der Waals surface area (Å²) in [5, 5.41) is 10.8. The fourth-order valence-corrected chi connectivity index (χ4v) is 4.13. The van der Waals surface area contributed by atoms with Crippen LogP contribution in [0.4, 0.5) is 24.5 Å². The highest BCUT2D eigenvalue weighted by Gasteiger charge is 2.32. The van der Waals surface area contributed by atoms with E-state index in [2.05, 4.69) is 15.5 Å². The van der Waals surface area contributed by atoms with Crippen molar-refractivity contribution in [3.8, 4) is 5.75 Å². The van der Waals surface area contributed by atoms with Crippen LogP contribution in [0.25, 0.3) is 0 Å². The fraction of sp³-hybridized carbons (Fsp3) is 0.238. The van der Waals surface area contributed by atoms with Crippen LogP contribution in [-0.2, 0) is 16.6 Å². The van der Waals surface area contributed by atoms with Crippen LogP contribution in [-0.4, -0.2) is 38.9 Å². The number of anilines is 2. The number of nitrogens with zero attached hydrogens (tertiary/aromatic N) is 4. The molecule has 0 aliphatic carbocycles. The van der Waals surface area contributed by atoms with E-state index in [0.29, 0.717) is 22.4 Å². The molecule has 2 heterocycles. The number of thioether (sulfide) groups is 1. The zero-order chi connectivity index (χ0) is 23.7. The van der Waals surface area contributed by atoms with Crippen molar-refractivity contribution in [2.24, 2.45) is 7.05 Å². The SMILES string of the molecule is C[C@H](c1nnc(SCC(=O)Nc2ccc(F)c(F)c2F)n1C)N1C(=O)COc2ccccc21. The second-order valence-electron chi connectivity index (χ2n) is 7.16. The lowest BCUT2D eigenvalue weighted by Crippen LogP contribution is -2.41. The Hall–Kier alpha value is -3.54. The summed E-state index contributed by atoms with van der Waals surface area (Å²) < 4.78 is 47.2. The third-order valence-corrected chi connectivity index (χ3v) is 6.04. The van der Waals surface area contributed by atoms with Crippen molar-refractivity contribution in [2.75, 3.05) is 22.6 Å². The van der Waals surface area contributed by atoms with Crippen LogP contribution in [0.5, 0.6) is 5.75 Å². The molecule has 2 amide bonds. The monoisotopic (exact) mass is 477 g/mol. The number of halogens is 3. The molecular weight excluding hydrogens is 459 g/mol. The van der Waals surface area contributed by atoms with E-state index in [1.54, 1.807) is 41.6 Å². The number of rotatable bonds is 6. The summed E-state index contributed by atoms with van der Waals surface area (Å²) in [4.78, 5) is 26.3. The highest BCUT2D eigenvalue weighted by molar-refractivity contribution is 7.99. The van der Waals surface area contributed by atoms with Gasteiger partial charge in [-0.1, -0.05) is 23.9 Å². The van der Waals surface area contributed by atoms with E-state index in [4.69, 9.17) is 4.74 Å². The van der Waals surface area contributed by atoms with Crippen LogP contribution < -0.4 is 15.0 Å². The van der Waals surface area contributed by atoms with E-state index in [1.165, 1.54) is 0 Å². The molecule has 1 aliphatic heterocycles. The van der Waals surface area contributed by atoms with Gasteiger partial charge in [-0.2, -0.15) is 0 Å². The summed E-state index contributed by atoms with van der Waals surface area (Å²) in [5.41, 5.74) is 0.155. The van der Waals surface area contributed by atoms with Crippen molar-refractivity contribution in [3.05, 3.63) is 59.7 Å². The number of aromatic nitrogens is 3. The van der Waals surface area contributed by atoms with Crippen LogP contribution in [0.1, 0.15) is 18.8 Å². The molecule has 1 atom stereocenters. The number of nitrogens with one attached hydrogen (secondary N) is 1. The number of benzene rings is 2. The Labute approximate surface area is 190 Å². The first-order valence-corrected chi connectivity index (χ1v) is 10.8. The summed E-state index contributed by atoms with van der Waals surface area (Å²) in [6, 6.07) is 8.35. The minimum Gasteiger partial charge on any atom is -0.482 e. The Morgan fingerprint density at radius 3 is 2.73 bits per heavy atom. The van der Waals surface area contributed by atoms with Crippen LogP contribution >= 0.6 is 11.8 Å². The number of carbonyl (C=O) groups is 2. The van der Waals surface area contributed by atoms with Gasteiger partial charge in [0.05, 0.1) is 23.2 Å². The first-order valence-electron chi connectivity index (χ1n) is 9.77. The maximum absolute atomic E-state index is 13.8. The minimum atomic E-state index is -1.66. The lowest BCUT2D eigenvalue weighted by molar-refractivity contribution is -0.121. The molecular formula is C21H18F3N5O3S. The molecule has 0 unspecified atom stereocenters. The molecule has 8 nitrogen and oxygen atoms in total. The van der Waals surface area contributed by atoms with Gasteiger partial charge in [-0.25, -0.2) is 13.2 Å². The molecule has 0 spiro atoms. The highest BCUT2D eigenvalue weighted by atomic mass is 32.2. The number of amides is 2. The predicted octanol–water partition coefficient (Wildman–Crippen LogP) is 3.45. The lowest BCUT2D eigenvalue weighted by Gasteiger charge is -2.33. The van der Waals surface area contributed by atoms with E-state index in [0.717, 1.165) is 23.9 Å². The molecule has 3 aromatic rings. The molecule has 33 heavy (non-hydrogen) atoms. The van der Waals surface area contributed by atoms with Gasteiger partial charge in [0.15, 0.2) is 35.0 Å². The third kappa shape index (κ3) is 4.38. The molecule has 12 heteroatoms. The molecule has 0 fully saturated rings. The zero-order valence-electron chi connectivity index (χ0n) is 17.5. The zero-order valence-corrected chi connectivity index (χ0v) is 18.3.